The Hall–Kier alpha value is -1.36. The van der Waals surface area contributed by atoms with Gasteiger partial charge in [0.2, 0.25) is 0 Å². The number of hydrogen-bond acceptors (Lipinski definition) is 3. The highest BCUT2D eigenvalue weighted by Crippen LogP contribution is 1.97. The number of rotatable bonds is 4. The molecule has 0 unspecified atom stereocenters. The second kappa shape index (κ2) is 3.87. The Labute approximate surface area is 69.6 Å². The summed E-state index contributed by atoms with van der Waals surface area (Å²) < 4.78 is 6.64. The van der Waals surface area contributed by atoms with Gasteiger partial charge in [-0.05, 0) is 0 Å². The van der Waals surface area contributed by atoms with E-state index < -0.39 is 5.97 Å². The van der Waals surface area contributed by atoms with Crippen LogP contribution in [0.2, 0.25) is 0 Å². The summed E-state index contributed by atoms with van der Waals surface area (Å²) in [4.78, 5) is 13.9. The number of ether oxygens (including phenoxy) is 1. The summed E-state index contributed by atoms with van der Waals surface area (Å²) in [6.45, 7) is 0.00792. The fourth-order valence-corrected chi connectivity index (χ4v) is 0.767. The molecule has 5 nitrogen and oxygen atoms in total. The molecule has 0 bridgehead atoms. The van der Waals surface area contributed by atoms with E-state index in [0.29, 0.717) is 0 Å². The Balaban J connectivity index is 2.33. The normalized spacial score (nSPS) is 10.1. The third-order valence-electron chi connectivity index (χ3n) is 1.39. The molecule has 66 valence electrons. The number of nitrogens with zero attached hydrogens (tertiary/aromatic N) is 2. The van der Waals surface area contributed by atoms with E-state index >= 15 is 0 Å². The van der Waals surface area contributed by atoms with Gasteiger partial charge in [0.15, 0.2) is 0 Å². The van der Waals surface area contributed by atoms with Gasteiger partial charge in [0.05, 0.1) is 24.8 Å². The van der Waals surface area contributed by atoms with Crippen LogP contribution in [0.25, 0.3) is 0 Å². The number of carboxylic acid groups (broad SMARTS) is 1. The molecule has 0 radical (unpaired) electrons. The molecule has 0 aromatic carbocycles. The standard InChI is InChI=1S/C7H10N2O3/c1-9-5-8-2-6(9)3-12-4-7(10)11/h2,5H,3-4H2,1H3,(H,10,11). The Morgan fingerprint density at radius 1 is 1.83 bits per heavy atom. The molecule has 12 heavy (non-hydrogen) atoms. The predicted molar refractivity (Wildman–Crippen MR) is 40.5 cm³/mol. The molecule has 0 saturated carbocycles. The second-order valence-corrected chi connectivity index (χ2v) is 2.38. The van der Waals surface area contributed by atoms with Crippen LogP contribution in [0, 0.1) is 0 Å². The van der Waals surface area contributed by atoms with Crippen molar-refractivity contribution in [2.24, 2.45) is 7.05 Å². The number of carbonyl (C=O) groups is 1. The minimum absolute atomic E-state index is 0.273. The molecular formula is C7H10N2O3. The third-order valence-corrected chi connectivity index (χ3v) is 1.39. The molecule has 0 spiro atoms. The lowest BCUT2D eigenvalue weighted by Gasteiger charge is -2.00. The number of aliphatic carboxylic acids is 1. The van der Waals surface area contributed by atoms with Crippen LogP contribution >= 0.6 is 0 Å². The van der Waals surface area contributed by atoms with E-state index in [-0.39, 0.29) is 13.2 Å². The molecule has 0 aliphatic carbocycles. The maximum absolute atomic E-state index is 10.1. The fourth-order valence-electron chi connectivity index (χ4n) is 0.767. The average Bonchev–Trinajstić information content (AvgIpc) is 2.36. The van der Waals surface area contributed by atoms with Gasteiger partial charge in [-0.3, -0.25) is 0 Å². The van der Waals surface area contributed by atoms with Crippen molar-refractivity contribution in [3.63, 3.8) is 0 Å². The monoisotopic (exact) mass is 170 g/mol. The van der Waals surface area contributed by atoms with Crippen molar-refractivity contribution >= 4 is 5.97 Å². The van der Waals surface area contributed by atoms with Crippen LogP contribution in [0.1, 0.15) is 5.69 Å². The molecule has 0 aliphatic rings. The van der Waals surface area contributed by atoms with Gasteiger partial charge in [-0.2, -0.15) is 0 Å². The summed E-state index contributed by atoms with van der Waals surface area (Å²) in [6, 6.07) is 0. The van der Waals surface area contributed by atoms with E-state index in [2.05, 4.69) is 4.98 Å². The zero-order valence-corrected chi connectivity index (χ0v) is 6.73. The first-order valence-electron chi connectivity index (χ1n) is 3.45. The van der Waals surface area contributed by atoms with Crippen LogP contribution in [-0.4, -0.2) is 27.2 Å². The first-order chi connectivity index (χ1) is 5.70. The predicted octanol–water partition coefficient (Wildman–Crippen LogP) is 0.0213. The summed E-state index contributed by atoms with van der Waals surface area (Å²) >= 11 is 0. The van der Waals surface area contributed by atoms with E-state index in [1.165, 1.54) is 0 Å². The van der Waals surface area contributed by atoms with Gasteiger partial charge in [-0.15, -0.1) is 0 Å². The van der Waals surface area contributed by atoms with Crippen molar-refractivity contribution in [2.75, 3.05) is 6.61 Å². The molecule has 0 fully saturated rings. The highest BCUT2D eigenvalue weighted by molar-refractivity contribution is 5.67. The molecule has 1 heterocycles. The van der Waals surface area contributed by atoms with Gasteiger partial charge in [-0.1, -0.05) is 0 Å². The number of aromatic nitrogens is 2. The third kappa shape index (κ3) is 2.35. The number of carboxylic acids is 1. The SMILES string of the molecule is Cn1cncc1COCC(=O)O. The van der Waals surface area contributed by atoms with Crippen molar-refractivity contribution in [1.82, 2.24) is 9.55 Å². The highest BCUT2D eigenvalue weighted by atomic mass is 16.5. The molecule has 0 saturated heterocycles. The van der Waals surface area contributed by atoms with Crippen molar-refractivity contribution < 1.29 is 14.6 Å². The zero-order valence-electron chi connectivity index (χ0n) is 6.73. The van der Waals surface area contributed by atoms with Crippen molar-refractivity contribution in [1.29, 1.82) is 0 Å². The van der Waals surface area contributed by atoms with Crippen LogP contribution in [-0.2, 0) is 23.2 Å². The number of hydrogen-bond donors (Lipinski definition) is 1. The summed E-state index contributed by atoms with van der Waals surface area (Å²) in [6.07, 6.45) is 3.28. The molecule has 1 rings (SSSR count). The average molecular weight is 170 g/mol. The lowest BCUT2D eigenvalue weighted by atomic mass is 10.5. The van der Waals surface area contributed by atoms with E-state index in [1.807, 2.05) is 7.05 Å². The van der Waals surface area contributed by atoms with Crippen LogP contribution in [0.15, 0.2) is 12.5 Å². The van der Waals surface area contributed by atoms with Gasteiger partial charge < -0.3 is 14.4 Å². The summed E-state index contributed by atoms with van der Waals surface area (Å²) in [5, 5.41) is 8.26. The molecular weight excluding hydrogens is 160 g/mol. The van der Waals surface area contributed by atoms with E-state index in [1.54, 1.807) is 17.1 Å². The topological polar surface area (TPSA) is 64.4 Å². The summed E-state index contributed by atoms with van der Waals surface area (Å²) in [5.41, 5.74) is 0.858. The molecule has 0 amide bonds. The highest BCUT2D eigenvalue weighted by Gasteiger charge is 2.00. The van der Waals surface area contributed by atoms with Gasteiger partial charge in [0, 0.05) is 7.05 Å². The first kappa shape index (κ1) is 8.73. The molecule has 1 aromatic heterocycles. The largest absolute Gasteiger partial charge is 0.480 e. The lowest BCUT2D eigenvalue weighted by Crippen LogP contribution is -2.08. The minimum Gasteiger partial charge on any atom is -0.480 e. The zero-order chi connectivity index (χ0) is 8.97. The summed E-state index contributed by atoms with van der Waals surface area (Å²) in [7, 11) is 1.83. The van der Waals surface area contributed by atoms with Gasteiger partial charge >= 0.3 is 5.97 Å². The first-order valence-corrected chi connectivity index (χ1v) is 3.45. The Morgan fingerprint density at radius 3 is 3.08 bits per heavy atom. The van der Waals surface area contributed by atoms with Gasteiger partial charge in [0.1, 0.15) is 6.61 Å². The molecule has 1 N–H and O–H groups in total. The minimum atomic E-state index is -0.961. The van der Waals surface area contributed by atoms with Crippen LogP contribution < -0.4 is 0 Å². The van der Waals surface area contributed by atoms with Crippen LogP contribution in [0.4, 0.5) is 0 Å². The Kier molecular flexibility index (Phi) is 2.82. The second-order valence-electron chi connectivity index (χ2n) is 2.38. The molecule has 1 aromatic rings. The molecule has 0 atom stereocenters. The quantitative estimate of drug-likeness (QED) is 0.691. The smallest absolute Gasteiger partial charge is 0.329 e. The molecule has 5 heteroatoms. The van der Waals surface area contributed by atoms with Gasteiger partial charge in [-0.25, -0.2) is 9.78 Å². The number of aryl methyl sites for hydroxylation is 1. The summed E-state index contributed by atoms with van der Waals surface area (Å²) in [5.74, 6) is -0.961. The lowest BCUT2D eigenvalue weighted by molar-refractivity contribution is -0.142. The van der Waals surface area contributed by atoms with E-state index in [9.17, 15) is 4.79 Å². The van der Waals surface area contributed by atoms with Crippen molar-refractivity contribution in [2.45, 2.75) is 6.61 Å². The number of imidazole rings is 1. The van der Waals surface area contributed by atoms with E-state index in [4.69, 9.17) is 9.84 Å². The van der Waals surface area contributed by atoms with Crippen molar-refractivity contribution in [3.05, 3.63) is 18.2 Å². The Morgan fingerprint density at radius 2 is 2.58 bits per heavy atom. The molecule has 0 aliphatic heterocycles. The maximum atomic E-state index is 10.1. The van der Waals surface area contributed by atoms with Crippen LogP contribution in [0.3, 0.4) is 0 Å². The maximum Gasteiger partial charge on any atom is 0.329 e. The Bertz CT molecular complexity index is 269. The van der Waals surface area contributed by atoms with Gasteiger partial charge in [0.25, 0.3) is 0 Å². The van der Waals surface area contributed by atoms with Crippen LogP contribution in [0.5, 0.6) is 0 Å². The van der Waals surface area contributed by atoms with E-state index in [0.717, 1.165) is 5.69 Å². The van der Waals surface area contributed by atoms with Crippen molar-refractivity contribution in [3.8, 4) is 0 Å². The fraction of sp³-hybridized carbons (Fsp3) is 0.429.